The number of nitrogens with one attached hydrogen (secondary N) is 1. The molecule has 0 saturated carbocycles. The highest BCUT2D eigenvalue weighted by atomic mass is 79.9. The molecular weight excluding hydrogens is 260 g/mol. The van der Waals surface area contributed by atoms with Crippen LogP contribution in [0.5, 0.6) is 0 Å². The highest BCUT2D eigenvalue weighted by Crippen LogP contribution is 2.21. The first-order valence-electron chi connectivity index (χ1n) is 4.46. The van der Waals surface area contributed by atoms with Crippen molar-refractivity contribution in [1.82, 2.24) is 19.6 Å². The minimum atomic E-state index is -0.0389. The summed E-state index contributed by atoms with van der Waals surface area (Å²) < 4.78 is 3.87. The van der Waals surface area contributed by atoms with Crippen LogP contribution >= 0.6 is 15.9 Å². The van der Waals surface area contributed by atoms with Crippen molar-refractivity contribution in [3.8, 4) is 11.3 Å². The average molecular weight is 271 g/mol. The molecule has 0 aliphatic carbocycles. The van der Waals surface area contributed by atoms with E-state index in [9.17, 15) is 4.79 Å². The number of rotatable bonds is 1. The van der Waals surface area contributed by atoms with E-state index in [2.05, 4.69) is 26.1 Å². The van der Waals surface area contributed by atoms with Crippen molar-refractivity contribution >= 4 is 15.9 Å². The van der Waals surface area contributed by atoms with E-state index in [-0.39, 0.29) is 5.56 Å². The van der Waals surface area contributed by atoms with Gasteiger partial charge in [0, 0.05) is 19.8 Å². The smallest absolute Gasteiger partial charge is 0.275 e. The quantitative estimate of drug-likeness (QED) is 0.846. The maximum atomic E-state index is 11.8. The number of aromatic amines is 1. The Balaban J connectivity index is 2.74. The molecule has 6 heteroatoms. The van der Waals surface area contributed by atoms with Crippen molar-refractivity contribution in [3.63, 3.8) is 0 Å². The zero-order valence-corrected chi connectivity index (χ0v) is 10.3. The van der Waals surface area contributed by atoms with E-state index < -0.39 is 0 Å². The Hall–Kier alpha value is -1.30. The molecule has 2 heterocycles. The molecule has 15 heavy (non-hydrogen) atoms. The molecule has 0 atom stereocenters. The van der Waals surface area contributed by atoms with E-state index in [1.165, 1.54) is 4.68 Å². The predicted molar refractivity (Wildman–Crippen MR) is 60.7 cm³/mol. The molecule has 0 fully saturated rings. The van der Waals surface area contributed by atoms with Gasteiger partial charge in [0.05, 0.1) is 11.3 Å². The predicted octanol–water partition coefficient (Wildman–Crippen LogP) is 1.18. The summed E-state index contributed by atoms with van der Waals surface area (Å²) in [6, 6.07) is 1.83. The van der Waals surface area contributed by atoms with E-state index in [4.69, 9.17) is 0 Å². The molecular formula is C9H11BrN4O. The number of H-pyrrole nitrogens is 1. The average Bonchev–Trinajstić information content (AvgIpc) is 2.56. The van der Waals surface area contributed by atoms with Crippen LogP contribution in [0.3, 0.4) is 0 Å². The Morgan fingerprint density at radius 1 is 1.47 bits per heavy atom. The van der Waals surface area contributed by atoms with Crippen molar-refractivity contribution in [2.45, 2.75) is 6.92 Å². The Morgan fingerprint density at radius 2 is 2.13 bits per heavy atom. The minimum Gasteiger partial charge on any atom is -0.300 e. The third-order valence-corrected chi connectivity index (χ3v) is 2.72. The second-order valence-electron chi connectivity index (χ2n) is 3.45. The monoisotopic (exact) mass is 270 g/mol. The molecule has 1 N–H and O–H groups in total. The molecule has 80 valence electrons. The van der Waals surface area contributed by atoms with Crippen LogP contribution in [0.1, 0.15) is 5.69 Å². The summed E-state index contributed by atoms with van der Waals surface area (Å²) in [5.41, 5.74) is 2.28. The fourth-order valence-corrected chi connectivity index (χ4v) is 2.11. The Kier molecular flexibility index (Phi) is 2.30. The van der Waals surface area contributed by atoms with Crippen LogP contribution in [-0.2, 0) is 14.1 Å². The number of hydrogen-bond donors (Lipinski definition) is 1. The molecule has 0 radical (unpaired) electrons. The van der Waals surface area contributed by atoms with E-state index in [1.807, 2.05) is 20.0 Å². The zero-order valence-electron chi connectivity index (χ0n) is 8.71. The molecule has 0 spiro atoms. The second-order valence-corrected chi connectivity index (χ2v) is 4.26. The summed E-state index contributed by atoms with van der Waals surface area (Å²) in [6.45, 7) is 1.87. The molecule has 5 nitrogen and oxygen atoms in total. The molecule has 2 rings (SSSR count). The maximum Gasteiger partial charge on any atom is 0.275 e. The van der Waals surface area contributed by atoms with Crippen LogP contribution in [0.2, 0.25) is 0 Å². The van der Waals surface area contributed by atoms with Crippen LogP contribution in [-0.4, -0.2) is 19.6 Å². The number of aromatic nitrogens is 4. The number of nitrogens with zero attached hydrogens (tertiary/aromatic N) is 3. The Morgan fingerprint density at radius 3 is 2.53 bits per heavy atom. The number of aryl methyl sites for hydroxylation is 3. The van der Waals surface area contributed by atoms with Crippen LogP contribution in [0, 0.1) is 6.92 Å². The highest BCUT2D eigenvalue weighted by Gasteiger charge is 2.15. The number of hydrogen-bond acceptors (Lipinski definition) is 2. The maximum absolute atomic E-state index is 11.8. The van der Waals surface area contributed by atoms with Crippen LogP contribution in [0.15, 0.2) is 15.5 Å². The molecule has 0 amide bonds. The van der Waals surface area contributed by atoms with Gasteiger partial charge in [0.2, 0.25) is 0 Å². The van der Waals surface area contributed by atoms with E-state index in [1.54, 1.807) is 11.7 Å². The topological polar surface area (TPSA) is 55.6 Å². The molecule has 0 unspecified atom stereocenters. The van der Waals surface area contributed by atoms with Crippen molar-refractivity contribution in [3.05, 3.63) is 26.7 Å². The first-order valence-corrected chi connectivity index (χ1v) is 5.25. The van der Waals surface area contributed by atoms with Crippen LogP contribution in [0.4, 0.5) is 0 Å². The lowest BCUT2D eigenvalue weighted by Gasteiger charge is -1.97. The molecule has 0 bridgehead atoms. The Bertz CT molecular complexity index is 563. The summed E-state index contributed by atoms with van der Waals surface area (Å²) in [7, 11) is 3.51. The van der Waals surface area contributed by atoms with Crippen molar-refractivity contribution in [1.29, 1.82) is 0 Å². The first-order chi connectivity index (χ1) is 7.00. The Labute approximate surface area is 94.8 Å². The van der Waals surface area contributed by atoms with E-state index in [0.29, 0.717) is 5.56 Å². The van der Waals surface area contributed by atoms with Crippen LogP contribution in [0.25, 0.3) is 11.3 Å². The second kappa shape index (κ2) is 3.37. The fourth-order valence-electron chi connectivity index (χ4n) is 1.65. The van der Waals surface area contributed by atoms with Gasteiger partial charge in [-0.15, -0.1) is 0 Å². The number of halogens is 1. The summed E-state index contributed by atoms with van der Waals surface area (Å²) in [6.07, 6.45) is 0. The standard InChI is InChI=1S/C9H11BrN4O/c1-5-8(9(15)14(3)11-5)6-4-7(10)12-13(6)2/h4,11H,1-3H3. The van der Waals surface area contributed by atoms with Gasteiger partial charge in [-0.25, -0.2) is 0 Å². The largest absolute Gasteiger partial charge is 0.300 e. The molecule has 0 aliphatic rings. The van der Waals surface area contributed by atoms with Gasteiger partial charge >= 0.3 is 0 Å². The third-order valence-electron chi connectivity index (χ3n) is 2.34. The summed E-state index contributed by atoms with van der Waals surface area (Å²) >= 11 is 3.29. The van der Waals surface area contributed by atoms with E-state index >= 15 is 0 Å². The minimum absolute atomic E-state index is 0.0389. The summed E-state index contributed by atoms with van der Waals surface area (Å²) in [5.74, 6) is 0. The molecule has 0 saturated heterocycles. The van der Waals surface area contributed by atoms with Gasteiger partial charge in [-0.3, -0.25) is 19.3 Å². The lowest BCUT2D eigenvalue weighted by molar-refractivity contribution is 0.730. The SMILES string of the molecule is Cc1[nH]n(C)c(=O)c1-c1cc(Br)nn1C. The molecule has 0 aromatic carbocycles. The molecule has 2 aromatic rings. The summed E-state index contributed by atoms with van der Waals surface area (Å²) in [4.78, 5) is 11.8. The highest BCUT2D eigenvalue weighted by molar-refractivity contribution is 9.10. The van der Waals surface area contributed by atoms with Crippen molar-refractivity contribution in [2.24, 2.45) is 14.1 Å². The van der Waals surface area contributed by atoms with Crippen LogP contribution < -0.4 is 5.56 Å². The third kappa shape index (κ3) is 1.54. The van der Waals surface area contributed by atoms with Crippen molar-refractivity contribution < 1.29 is 0 Å². The lowest BCUT2D eigenvalue weighted by atomic mass is 10.2. The van der Waals surface area contributed by atoms with Gasteiger partial charge in [0.15, 0.2) is 0 Å². The zero-order chi connectivity index (χ0) is 11.2. The summed E-state index contributed by atoms with van der Waals surface area (Å²) in [5, 5.41) is 7.11. The van der Waals surface area contributed by atoms with Gasteiger partial charge in [-0.05, 0) is 28.9 Å². The van der Waals surface area contributed by atoms with Gasteiger partial charge < -0.3 is 0 Å². The van der Waals surface area contributed by atoms with Gasteiger partial charge in [0.1, 0.15) is 4.60 Å². The van der Waals surface area contributed by atoms with Gasteiger partial charge in [0.25, 0.3) is 5.56 Å². The normalized spacial score (nSPS) is 10.9. The first kappa shape index (κ1) is 10.2. The van der Waals surface area contributed by atoms with Gasteiger partial charge in [-0.2, -0.15) is 5.10 Å². The van der Waals surface area contributed by atoms with Crippen molar-refractivity contribution in [2.75, 3.05) is 0 Å². The van der Waals surface area contributed by atoms with E-state index in [0.717, 1.165) is 16.0 Å². The molecule has 2 aromatic heterocycles. The van der Waals surface area contributed by atoms with Gasteiger partial charge in [-0.1, -0.05) is 0 Å². The fraction of sp³-hybridized carbons (Fsp3) is 0.333. The lowest BCUT2D eigenvalue weighted by Crippen LogP contribution is -2.14. The molecule has 0 aliphatic heterocycles.